The molecule has 5 heteroatoms. The SMILES string of the molecule is COC(C)CCC(=O)NCc1ccc(C#CCCO)s1. The Morgan fingerprint density at radius 3 is 3.05 bits per heavy atom. The molecule has 1 atom stereocenters. The number of hydrogen-bond donors (Lipinski definition) is 2. The molecular formula is C15H21NO3S. The summed E-state index contributed by atoms with van der Waals surface area (Å²) in [4.78, 5) is 13.7. The van der Waals surface area contributed by atoms with Crippen molar-refractivity contribution in [1.29, 1.82) is 0 Å². The van der Waals surface area contributed by atoms with Crippen LogP contribution in [-0.4, -0.2) is 30.8 Å². The molecule has 0 aliphatic rings. The lowest BCUT2D eigenvalue weighted by atomic mass is 10.2. The van der Waals surface area contributed by atoms with E-state index >= 15 is 0 Å². The summed E-state index contributed by atoms with van der Waals surface area (Å²) >= 11 is 1.56. The van der Waals surface area contributed by atoms with Crippen molar-refractivity contribution < 1.29 is 14.6 Å². The first-order valence-corrected chi connectivity index (χ1v) is 7.45. The zero-order valence-corrected chi connectivity index (χ0v) is 12.8. The summed E-state index contributed by atoms with van der Waals surface area (Å²) in [6.45, 7) is 2.57. The molecule has 0 aliphatic heterocycles. The average molecular weight is 295 g/mol. The Balaban J connectivity index is 2.32. The summed E-state index contributed by atoms with van der Waals surface area (Å²) in [5.41, 5.74) is 0. The van der Waals surface area contributed by atoms with Crippen molar-refractivity contribution in [2.75, 3.05) is 13.7 Å². The van der Waals surface area contributed by atoms with Crippen LogP contribution in [0.15, 0.2) is 12.1 Å². The molecule has 1 rings (SSSR count). The van der Waals surface area contributed by atoms with Crippen molar-refractivity contribution in [3.63, 3.8) is 0 Å². The van der Waals surface area contributed by atoms with Crippen LogP contribution in [-0.2, 0) is 16.1 Å². The first kappa shape index (κ1) is 16.7. The second-order valence-corrected chi connectivity index (χ2v) is 5.57. The third kappa shape index (κ3) is 6.71. The fraction of sp³-hybridized carbons (Fsp3) is 0.533. The second-order valence-electron chi connectivity index (χ2n) is 4.40. The van der Waals surface area contributed by atoms with E-state index in [1.54, 1.807) is 18.4 Å². The van der Waals surface area contributed by atoms with Gasteiger partial charge in [-0.1, -0.05) is 11.8 Å². The Morgan fingerprint density at radius 1 is 1.55 bits per heavy atom. The maximum Gasteiger partial charge on any atom is 0.220 e. The molecule has 110 valence electrons. The second kappa shape index (κ2) is 9.54. The summed E-state index contributed by atoms with van der Waals surface area (Å²) in [5, 5.41) is 11.5. The topological polar surface area (TPSA) is 58.6 Å². The van der Waals surface area contributed by atoms with Crippen LogP contribution >= 0.6 is 11.3 Å². The molecule has 0 spiro atoms. The highest BCUT2D eigenvalue weighted by molar-refractivity contribution is 7.12. The number of nitrogens with one attached hydrogen (secondary N) is 1. The van der Waals surface area contributed by atoms with Crippen LogP contribution in [0.3, 0.4) is 0 Å². The number of carbonyl (C=O) groups is 1. The number of carbonyl (C=O) groups excluding carboxylic acids is 1. The minimum atomic E-state index is 0.0372. The highest BCUT2D eigenvalue weighted by atomic mass is 32.1. The number of rotatable bonds is 7. The predicted octanol–water partition coefficient (Wildman–Crippen LogP) is 1.91. The summed E-state index contributed by atoms with van der Waals surface area (Å²) in [6, 6.07) is 3.90. The van der Waals surface area contributed by atoms with Gasteiger partial charge in [0.1, 0.15) is 0 Å². The summed E-state index contributed by atoms with van der Waals surface area (Å²) < 4.78 is 5.10. The van der Waals surface area contributed by atoms with E-state index in [1.807, 2.05) is 19.1 Å². The highest BCUT2D eigenvalue weighted by Crippen LogP contribution is 2.15. The highest BCUT2D eigenvalue weighted by Gasteiger charge is 2.06. The first-order chi connectivity index (χ1) is 9.65. The van der Waals surface area contributed by atoms with Crippen molar-refractivity contribution in [1.82, 2.24) is 5.32 Å². The van der Waals surface area contributed by atoms with E-state index in [2.05, 4.69) is 17.2 Å². The Bertz CT molecular complexity index is 473. The average Bonchev–Trinajstić information content (AvgIpc) is 2.90. The van der Waals surface area contributed by atoms with Crippen LogP contribution in [0, 0.1) is 11.8 Å². The van der Waals surface area contributed by atoms with Crippen molar-refractivity contribution >= 4 is 17.2 Å². The zero-order chi connectivity index (χ0) is 14.8. The zero-order valence-electron chi connectivity index (χ0n) is 11.9. The van der Waals surface area contributed by atoms with Crippen LogP contribution in [0.25, 0.3) is 0 Å². The van der Waals surface area contributed by atoms with E-state index < -0.39 is 0 Å². The van der Waals surface area contributed by atoms with Gasteiger partial charge in [0.15, 0.2) is 0 Å². The normalized spacial score (nSPS) is 11.6. The molecule has 1 aromatic rings. The molecule has 1 aromatic heterocycles. The van der Waals surface area contributed by atoms with Gasteiger partial charge in [-0.25, -0.2) is 0 Å². The molecule has 0 saturated heterocycles. The number of ether oxygens (including phenoxy) is 1. The maximum atomic E-state index is 11.6. The van der Waals surface area contributed by atoms with Gasteiger partial charge in [-0.05, 0) is 25.5 Å². The largest absolute Gasteiger partial charge is 0.395 e. The summed E-state index contributed by atoms with van der Waals surface area (Å²) in [5.74, 6) is 5.90. The predicted molar refractivity (Wildman–Crippen MR) is 80.5 cm³/mol. The molecule has 1 unspecified atom stereocenters. The number of amides is 1. The van der Waals surface area contributed by atoms with E-state index in [-0.39, 0.29) is 18.6 Å². The summed E-state index contributed by atoms with van der Waals surface area (Å²) in [7, 11) is 1.65. The maximum absolute atomic E-state index is 11.6. The van der Waals surface area contributed by atoms with E-state index in [9.17, 15) is 4.79 Å². The van der Waals surface area contributed by atoms with Gasteiger partial charge in [0, 0.05) is 24.8 Å². The third-order valence-electron chi connectivity index (χ3n) is 2.75. The van der Waals surface area contributed by atoms with Gasteiger partial charge in [-0.2, -0.15) is 0 Å². The van der Waals surface area contributed by atoms with Crippen LogP contribution in [0.2, 0.25) is 0 Å². The lowest BCUT2D eigenvalue weighted by molar-refractivity contribution is -0.121. The van der Waals surface area contributed by atoms with Crippen LogP contribution in [0.4, 0.5) is 0 Å². The van der Waals surface area contributed by atoms with Crippen molar-refractivity contribution in [2.45, 2.75) is 38.8 Å². The Labute approximate surface area is 124 Å². The number of aliphatic hydroxyl groups is 1. The van der Waals surface area contributed by atoms with Gasteiger partial charge in [0.2, 0.25) is 5.91 Å². The van der Waals surface area contributed by atoms with Crippen molar-refractivity contribution in [2.24, 2.45) is 0 Å². The molecule has 0 bridgehead atoms. The quantitative estimate of drug-likeness (QED) is 0.756. The van der Waals surface area contributed by atoms with Gasteiger partial charge >= 0.3 is 0 Å². The monoisotopic (exact) mass is 295 g/mol. The number of methoxy groups -OCH3 is 1. The lowest BCUT2D eigenvalue weighted by Crippen LogP contribution is -2.23. The van der Waals surface area contributed by atoms with Gasteiger partial charge < -0.3 is 15.2 Å². The molecule has 0 fully saturated rings. The molecule has 0 aromatic carbocycles. The van der Waals surface area contributed by atoms with Crippen molar-refractivity contribution in [3.8, 4) is 11.8 Å². The van der Waals surface area contributed by atoms with Gasteiger partial charge in [-0.3, -0.25) is 4.79 Å². The van der Waals surface area contributed by atoms with E-state index in [0.29, 0.717) is 19.4 Å². The lowest BCUT2D eigenvalue weighted by Gasteiger charge is -2.08. The van der Waals surface area contributed by atoms with Gasteiger partial charge in [0.05, 0.1) is 24.1 Å². The number of thiophene rings is 1. The molecule has 0 saturated carbocycles. The van der Waals surface area contributed by atoms with E-state index in [4.69, 9.17) is 9.84 Å². The molecule has 2 N–H and O–H groups in total. The summed E-state index contributed by atoms with van der Waals surface area (Å²) in [6.07, 6.45) is 1.80. The van der Waals surface area contributed by atoms with Gasteiger partial charge in [-0.15, -0.1) is 11.3 Å². The molecule has 1 heterocycles. The van der Waals surface area contributed by atoms with Crippen LogP contribution in [0.5, 0.6) is 0 Å². The standard InChI is InChI=1S/C15H21NO3S/c1-12(19-2)6-9-15(18)16-11-14-8-7-13(20-14)5-3-4-10-17/h7-8,12,17H,4,6,9-11H2,1-2H3,(H,16,18). The smallest absolute Gasteiger partial charge is 0.220 e. The fourth-order valence-corrected chi connectivity index (χ4v) is 2.29. The molecular weight excluding hydrogens is 274 g/mol. The van der Waals surface area contributed by atoms with Crippen LogP contribution < -0.4 is 5.32 Å². The third-order valence-corrected chi connectivity index (χ3v) is 3.75. The Kier molecular flexibility index (Phi) is 7.97. The van der Waals surface area contributed by atoms with E-state index in [0.717, 1.165) is 16.2 Å². The molecule has 20 heavy (non-hydrogen) atoms. The van der Waals surface area contributed by atoms with Crippen LogP contribution in [0.1, 0.15) is 35.9 Å². The minimum Gasteiger partial charge on any atom is -0.395 e. The Morgan fingerprint density at radius 2 is 2.35 bits per heavy atom. The van der Waals surface area contributed by atoms with Crippen molar-refractivity contribution in [3.05, 3.63) is 21.9 Å². The molecule has 0 radical (unpaired) electrons. The number of aliphatic hydroxyl groups excluding tert-OH is 1. The van der Waals surface area contributed by atoms with E-state index in [1.165, 1.54) is 0 Å². The molecule has 0 aliphatic carbocycles. The number of hydrogen-bond acceptors (Lipinski definition) is 4. The molecule has 1 amide bonds. The first-order valence-electron chi connectivity index (χ1n) is 6.63. The van der Waals surface area contributed by atoms with Gasteiger partial charge in [0.25, 0.3) is 0 Å². The Hall–Kier alpha value is -1.35. The minimum absolute atomic E-state index is 0.0372. The fourth-order valence-electron chi connectivity index (χ4n) is 1.47. The molecule has 4 nitrogen and oxygen atoms in total.